The van der Waals surface area contributed by atoms with E-state index in [0.717, 1.165) is 9.80 Å². The molecule has 6 aromatic carbocycles. The summed E-state index contributed by atoms with van der Waals surface area (Å²) in [5.74, 6) is -7.51. The van der Waals surface area contributed by atoms with Crippen LogP contribution in [0, 0.1) is 0 Å². The first-order valence-corrected chi connectivity index (χ1v) is 28.4. The summed E-state index contributed by atoms with van der Waals surface area (Å²) in [4.78, 5) is 117. The van der Waals surface area contributed by atoms with Gasteiger partial charge in [-0.15, -0.1) is 0 Å². The van der Waals surface area contributed by atoms with E-state index in [-0.39, 0.29) is 145 Å². The Labute approximate surface area is 533 Å². The van der Waals surface area contributed by atoms with E-state index in [1.807, 2.05) is 0 Å². The van der Waals surface area contributed by atoms with E-state index in [1.165, 1.54) is 48.6 Å². The van der Waals surface area contributed by atoms with Crippen molar-refractivity contribution in [2.45, 2.75) is 6.42 Å². The van der Waals surface area contributed by atoms with Crippen LogP contribution in [0.1, 0.15) is 105 Å². The molecule has 0 unspecified atom stereocenters. The van der Waals surface area contributed by atoms with Crippen LogP contribution < -0.4 is 20.4 Å². The molecule has 12 nitrogen and oxygen atoms in total. The van der Waals surface area contributed by atoms with Gasteiger partial charge < -0.3 is 10.6 Å². The molecular formula is C53H12Cl16N4O8. The highest BCUT2D eigenvalue weighted by Gasteiger charge is 2.49. The Balaban J connectivity index is 1.06. The number of carbonyl (C=O) groups is 8. The number of benzene rings is 6. The van der Waals surface area contributed by atoms with Crippen LogP contribution in [-0.2, 0) is 6.42 Å². The van der Waals surface area contributed by atoms with Gasteiger partial charge in [0.15, 0.2) is 0 Å². The first-order chi connectivity index (χ1) is 38.2. The topological polar surface area (TPSA) is 167 Å². The van der Waals surface area contributed by atoms with E-state index in [0.29, 0.717) is 0 Å². The minimum atomic E-state index is -1.02. The summed E-state index contributed by atoms with van der Waals surface area (Å²) in [6.45, 7) is 0. The number of amides is 4. The Kier molecular flexibility index (Phi) is 14.1. The summed E-state index contributed by atoms with van der Waals surface area (Å²) >= 11 is 103. The summed E-state index contributed by atoms with van der Waals surface area (Å²) in [5.41, 5.74) is -3.44. The molecule has 0 spiro atoms. The third-order valence-electron chi connectivity index (χ3n) is 13.9. The van der Waals surface area contributed by atoms with E-state index >= 15 is 0 Å². The van der Waals surface area contributed by atoms with E-state index in [1.54, 1.807) is 0 Å². The summed E-state index contributed by atoms with van der Waals surface area (Å²) in [6.07, 6.45) is 5.06. The molecule has 0 bridgehead atoms. The molecule has 0 fully saturated rings. The number of imide groups is 2. The van der Waals surface area contributed by atoms with Crippen LogP contribution in [0.3, 0.4) is 0 Å². The van der Waals surface area contributed by atoms with Crippen LogP contribution in [0.15, 0.2) is 59.0 Å². The molecule has 0 radical (unpaired) electrons. The monoisotopic (exact) mass is 1390 g/mol. The average molecular weight is 1400 g/mol. The smallest absolute Gasteiger partial charge is 0.267 e. The zero-order valence-corrected chi connectivity index (χ0v) is 50.6. The number of carbonyl (C=O) groups excluding carboxylic acids is 8. The summed E-state index contributed by atoms with van der Waals surface area (Å²) in [7, 11) is 0. The van der Waals surface area contributed by atoms with Gasteiger partial charge in [0.1, 0.15) is 0 Å². The maximum absolute atomic E-state index is 14.9. The molecule has 4 heterocycles. The molecule has 6 aromatic rings. The number of anilines is 4. The number of Topliss-reactive ketones (excluding diaryl/α,β-unsaturated/α-hetero) is 4. The number of halogens is 16. The highest BCUT2D eigenvalue weighted by molar-refractivity contribution is 6.61. The average Bonchev–Trinajstić information content (AvgIpc) is 3.74. The maximum Gasteiger partial charge on any atom is 0.267 e. The fourth-order valence-electron chi connectivity index (χ4n) is 10.3. The minimum absolute atomic E-state index is 0.0729. The fourth-order valence-corrected chi connectivity index (χ4v) is 14.4. The first kappa shape index (κ1) is 56.9. The second-order valence-electron chi connectivity index (χ2n) is 18.0. The van der Waals surface area contributed by atoms with Crippen LogP contribution in [-0.4, -0.2) is 46.8 Å². The predicted octanol–water partition coefficient (Wildman–Crippen LogP) is 18.9. The van der Waals surface area contributed by atoms with E-state index < -0.39 is 100 Å². The molecule has 2 N–H and O–H groups in total. The highest BCUT2D eigenvalue weighted by atomic mass is 35.5. The lowest BCUT2D eigenvalue weighted by molar-refractivity contribution is 0.0910. The lowest BCUT2D eigenvalue weighted by Crippen LogP contribution is -2.33. The molecule has 0 saturated carbocycles. The SMILES string of the molecule is O=C1C(=C2C=Cc3c(ccc(Cc4ccc5c(c4N4C(=O)c6c(Cl)c(Cl)c(Cl)c(Cl)c6C4=O)C=CC(=C4C(=O)c6c(Cl)c(Cl)c(Cl)c(Cl)c6C4=O)N5)c3N3C(=O)c4c(Cl)c(Cl)c(Cl)c(Cl)c4C3=O)N2)C(=O)c2c(Cl)c(Cl)c(Cl)c(Cl)c21. The number of hydrogen-bond acceptors (Lipinski definition) is 10. The fraction of sp³-hybridized carbons (Fsp3) is 0.0189. The molecule has 6 aliphatic rings. The molecule has 404 valence electrons. The Hall–Kier alpha value is -4.52. The second-order valence-corrected chi connectivity index (χ2v) is 24.0. The Morgan fingerprint density at radius 3 is 0.778 bits per heavy atom. The van der Waals surface area contributed by atoms with Crippen molar-refractivity contribution >= 4 is 267 Å². The number of hydrogen-bond donors (Lipinski definition) is 2. The third-order valence-corrected chi connectivity index (χ3v) is 21.1. The second kappa shape index (κ2) is 20.1. The van der Waals surface area contributed by atoms with Gasteiger partial charge in [0, 0.05) is 28.9 Å². The lowest BCUT2D eigenvalue weighted by atomic mass is 9.91. The largest absolute Gasteiger partial charge is 0.354 e. The van der Waals surface area contributed by atoms with Crippen molar-refractivity contribution < 1.29 is 38.4 Å². The molecule has 4 aliphatic heterocycles. The van der Waals surface area contributed by atoms with Crippen LogP contribution in [0.5, 0.6) is 0 Å². The number of rotatable bonds is 4. The Morgan fingerprint density at radius 2 is 0.531 bits per heavy atom. The molecule has 4 amide bonds. The van der Waals surface area contributed by atoms with Gasteiger partial charge in [-0.25, -0.2) is 9.80 Å². The molecule has 0 aromatic heterocycles. The Morgan fingerprint density at radius 1 is 0.296 bits per heavy atom. The van der Waals surface area contributed by atoms with Crippen molar-refractivity contribution in [3.8, 4) is 0 Å². The van der Waals surface area contributed by atoms with E-state index in [4.69, 9.17) is 186 Å². The van der Waals surface area contributed by atoms with Crippen LogP contribution in [0.2, 0.25) is 80.4 Å². The highest BCUT2D eigenvalue weighted by Crippen LogP contribution is 2.54. The van der Waals surface area contributed by atoms with Gasteiger partial charge in [-0.1, -0.05) is 198 Å². The van der Waals surface area contributed by atoms with Crippen molar-refractivity contribution in [2.75, 3.05) is 20.4 Å². The van der Waals surface area contributed by atoms with Crippen molar-refractivity contribution in [1.29, 1.82) is 0 Å². The standard InChI is InChI=1S/C53H12Cl16N4O8/c54-28-20-21(29(55)37(63)36(28)62)47(75)18(46(20)74)16-7-3-12-14(70-16)5-1-10(44(12)72-50(78)24-25(51(72)79)33(59)41(67)40(66)32(24)58)9-11-2-6-15-13(45(11)73-52(80)26-27(53(73)81)35(61)43(69)42(68)34(26)60)4-8-17(71-15)19-48(76)22-23(49(19)77)31(57)39(65)38(64)30(22)56/h1-8,70-71H,9H2. The van der Waals surface area contributed by atoms with Crippen molar-refractivity contribution in [3.05, 3.63) is 206 Å². The van der Waals surface area contributed by atoms with Crippen LogP contribution in [0.4, 0.5) is 22.7 Å². The minimum Gasteiger partial charge on any atom is -0.354 e. The predicted molar refractivity (Wildman–Crippen MR) is 321 cm³/mol. The van der Waals surface area contributed by atoms with Crippen LogP contribution in [0.25, 0.3) is 12.2 Å². The number of nitrogens with zero attached hydrogens (tertiary/aromatic N) is 2. The molecule has 28 heteroatoms. The van der Waals surface area contributed by atoms with Crippen molar-refractivity contribution in [2.24, 2.45) is 0 Å². The van der Waals surface area contributed by atoms with Gasteiger partial charge in [-0.2, -0.15) is 0 Å². The third kappa shape index (κ3) is 7.88. The zero-order chi connectivity index (χ0) is 58.3. The Bertz CT molecular complexity index is 4000. The summed E-state index contributed by atoms with van der Waals surface area (Å²) in [6, 6.07) is 5.92. The van der Waals surface area contributed by atoms with Gasteiger partial charge in [0.2, 0.25) is 23.1 Å². The maximum atomic E-state index is 14.9. The van der Waals surface area contributed by atoms with Gasteiger partial charge >= 0.3 is 0 Å². The van der Waals surface area contributed by atoms with E-state index in [9.17, 15) is 38.4 Å². The van der Waals surface area contributed by atoms with Crippen molar-refractivity contribution in [3.63, 3.8) is 0 Å². The molecule has 12 rings (SSSR count). The van der Waals surface area contributed by atoms with Crippen LogP contribution >= 0.6 is 186 Å². The molecule has 0 saturated heterocycles. The van der Waals surface area contributed by atoms with E-state index in [2.05, 4.69) is 10.6 Å². The first-order valence-electron chi connectivity index (χ1n) is 22.3. The quantitative estimate of drug-likeness (QED) is 0.0570. The molecule has 81 heavy (non-hydrogen) atoms. The number of fused-ring (bicyclic) bond motifs is 6. The van der Waals surface area contributed by atoms with Crippen molar-refractivity contribution in [1.82, 2.24) is 0 Å². The zero-order valence-electron chi connectivity index (χ0n) is 38.5. The lowest BCUT2D eigenvalue weighted by Gasteiger charge is -2.28. The number of allylic oxidation sites excluding steroid dienone is 4. The van der Waals surface area contributed by atoms with Gasteiger partial charge in [-0.05, 0) is 47.6 Å². The molecule has 2 aliphatic carbocycles. The normalized spacial score (nSPS) is 15.9. The number of nitrogens with one attached hydrogen (secondary N) is 2. The molecule has 0 atom stereocenters. The van der Waals surface area contributed by atoms with Gasteiger partial charge in [-0.3, -0.25) is 38.4 Å². The number of ketones is 4. The summed E-state index contributed by atoms with van der Waals surface area (Å²) in [5, 5.41) is 0.897. The van der Waals surface area contributed by atoms with Gasteiger partial charge in [0.25, 0.3) is 23.6 Å². The molecular weight excluding hydrogens is 1390 g/mol. The summed E-state index contributed by atoms with van der Waals surface area (Å²) < 4.78 is 0. The van der Waals surface area contributed by atoms with Gasteiger partial charge in [0.05, 0.1) is 159 Å².